The smallest absolute Gasteiger partial charge is 0.312 e. The predicted molar refractivity (Wildman–Crippen MR) is 85.0 cm³/mol. The van der Waals surface area contributed by atoms with Crippen LogP contribution in [0.2, 0.25) is 0 Å². The fourth-order valence-corrected chi connectivity index (χ4v) is 3.82. The average molecular weight is 343 g/mol. The largest absolute Gasteiger partial charge is 0.490 e. The first-order chi connectivity index (χ1) is 10.8. The molecule has 0 spiro atoms. The maximum atomic E-state index is 12.4. The molecule has 0 aliphatic carbocycles. The van der Waals surface area contributed by atoms with Crippen molar-refractivity contribution in [3.8, 4) is 5.75 Å². The van der Waals surface area contributed by atoms with E-state index >= 15 is 0 Å². The highest BCUT2D eigenvalue weighted by atomic mass is 32.2. The minimum atomic E-state index is -3.82. The molecule has 1 aromatic carbocycles. The number of benzene rings is 1. The molecule has 1 aliphatic heterocycles. The number of nitro groups is 1. The summed E-state index contributed by atoms with van der Waals surface area (Å²) in [6, 6.07) is 3.61. The first-order valence-electron chi connectivity index (χ1n) is 7.30. The van der Waals surface area contributed by atoms with Gasteiger partial charge < -0.3 is 10.1 Å². The van der Waals surface area contributed by atoms with Gasteiger partial charge >= 0.3 is 5.69 Å². The minimum Gasteiger partial charge on any atom is -0.490 e. The van der Waals surface area contributed by atoms with Gasteiger partial charge in [0.1, 0.15) is 0 Å². The number of sulfonamides is 1. The van der Waals surface area contributed by atoms with E-state index in [2.05, 4.69) is 10.0 Å². The fraction of sp³-hybridized carbons (Fsp3) is 0.571. The number of piperidine rings is 1. The summed E-state index contributed by atoms with van der Waals surface area (Å²) in [6.45, 7) is 3.96. The molecule has 9 heteroatoms. The van der Waals surface area contributed by atoms with Gasteiger partial charge in [-0.15, -0.1) is 0 Å². The maximum absolute atomic E-state index is 12.4. The Balaban J connectivity index is 2.19. The fourth-order valence-electron chi connectivity index (χ4n) is 2.60. The van der Waals surface area contributed by atoms with Crippen LogP contribution in [0.5, 0.6) is 5.75 Å². The molecule has 1 fully saturated rings. The molecule has 0 bridgehead atoms. The van der Waals surface area contributed by atoms with E-state index in [1.54, 1.807) is 0 Å². The summed E-state index contributed by atoms with van der Waals surface area (Å²) in [7, 11) is -2.52. The standard InChI is InChI=1S/C14H21N3O5S/c1-14(6-3-7-15-9-14)10-16-23(20,21)11-4-5-13(22-2)12(8-11)17(18)19/h4-5,8,15-16H,3,6-7,9-10H2,1-2H3. The summed E-state index contributed by atoms with van der Waals surface area (Å²) < 4.78 is 32.2. The highest BCUT2D eigenvalue weighted by Gasteiger charge is 2.29. The number of ether oxygens (including phenoxy) is 1. The van der Waals surface area contributed by atoms with Crippen molar-refractivity contribution in [3.05, 3.63) is 28.3 Å². The van der Waals surface area contributed by atoms with Crippen molar-refractivity contribution in [2.75, 3.05) is 26.7 Å². The van der Waals surface area contributed by atoms with Crippen molar-refractivity contribution in [3.63, 3.8) is 0 Å². The highest BCUT2D eigenvalue weighted by Crippen LogP contribution is 2.30. The van der Waals surface area contributed by atoms with Gasteiger partial charge in [0.25, 0.3) is 0 Å². The molecule has 0 saturated carbocycles. The van der Waals surface area contributed by atoms with Crippen LogP contribution in [-0.4, -0.2) is 40.1 Å². The van der Waals surface area contributed by atoms with Crippen LogP contribution in [0.3, 0.4) is 0 Å². The Bertz CT molecular complexity index is 684. The van der Waals surface area contributed by atoms with Crippen LogP contribution in [-0.2, 0) is 10.0 Å². The lowest BCUT2D eigenvalue weighted by atomic mass is 9.83. The first-order valence-corrected chi connectivity index (χ1v) is 8.79. The Morgan fingerprint density at radius 1 is 1.48 bits per heavy atom. The molecule has 0 amide bonds. The molecule has 1 heterocycles. The van der Waals surface area contributed by atoms with Gasteiger partial charge in [0.2, 0.25) is 10.0 Å². The lowest BCUT2D eigenvalue weighted by molar-refractivity contribution is -0.386. The Morgan fingerprint density at radius 2 is 2.22 bits per heavy atom. The summed E-state index contributed by atoms with van der Waals surface area (Å²) in [5.74, 6) is 0.0254. The summed E-state index contributed by atoms with van der Waals surface area (Å²) in [5, 5.41) is 14.3. The summed E-state index contributed by atoms with van der Waals surface area (Å²) in [5.41, 5.74) is -0.537. The van der Waals surface area contributed by atoms with Crippen molar-refractivity contribution in [2.45, 2.75) is 24.7 Å². The molecular weight excluding hydrogens is 322 g/mol. The second-order valence-corrected chi connectivity index (χ2v) is 7.77. The number of nitro benzene ring substituents is 1. The van der Waals surface area contributed by atoms with E-state index < -0.39 is 14.9 Å². The third-order valence-electron chi connectivity index (χ3n) is 4.03. The molecule has 2 rings (SSSR count). The Labute approximate surface area is 135 Å². The van der Waals surface area contributed by atoms with E-state index in [1.807, 2.05) is 6.92 Å². The highest BCUT2D eigenvalue weighted by molar-refractivity contribution is 7.89. The van der Waals surface area contributed by atoms with E-state index in [0.29, 0.717) is 0 Å². The van der Waals surface area contributed by atoms with Crippen LogP contribution in [0.4, 0.5) is 5.69 Å². The van der Waals surface area contributed by atoms with Gasteiger partial charge in [-0.3, -0.25) is 10.1 Å². The number of rotatable bonds is 6. The molecule has 1 atom stereocenters. The molecule has 1 aliphatic rings. The topological polar surface area (TPSA) is 111 Å². The SMILES string of the molecule is COc1ccc(S(=O)(=O)NCC2(C)CCCNC2)cc1[N+](=O)[O-]. The third-order valence-corrected chi connectivity index (χ3v) is 5.43. The third kappa shape index (κ3) is 4.18. The van der Waals surface area contributed by atoms with E-state index in [4.69, 9.17) is 4.74 Å². The van der Waals surface area contributed by atoms with Crippen LogP contribution in [0.1, 0.15) is 19.8 Å². The van der Waals surface area contributed by atoms with E-state index in [9.17, 15) is 18.5 Å². The Kier molecular flexibility index (Phi) is 5.23. The molecule has 1 saturated heterocycles. The van der Waals surface area contributed by atoms with Gasteiger partial charge in [0.05, 0.1) is 16.9 Å². The average Bonchev–Trinajstić information content (AvgIpc) is 2.53. The second-order valence-electron chi connectivity index (χ2n) is 6.01. The molecule has 0 radical (unpaired) electrons. The van der Waals surface area contributed by atoms with Gasteiger partial charge in [-0.05, 0) is 36.9 Å². The molecule has 1 unspecified atom stereocenters. The number of nitrogens with zero attached hydrogens (tertiary/aromatic N) is 1. The van der Waals surface area contributed by atoms with Crippen LogP contribution >= 0.6 is 0 Å². The number of methoxy groups -OCH3 is 1. The molecule has 128 valence electrons. The zero-order valence-electron chi connectivity index (χ0n) is 13.2. The van der Waals surface area contributed by atoms with Crippen molar-refractivity contribution < 1.29 is 18.1 Å². The Hall–Kier alpha value is -1.71. The van der Waals surface area contributed by atoms with Crippen LogP contribution in [0, 0.1) is 15.5 Å². The van der Waals surface area contributed by atoms with Crippen LogP contribution < -0.4 is 14.8 Å². The number of hydrogen-bond acceptors (Lipinski definition) is 6. The zero-order valence-corrected chi connectivity index (χ0v) is 14.0. The van der Waals surface area contributed by atoms with Crippen molar-refractivity contribution in [2.24, 2.45) is 5.41 Å². The Morgan fingerprint density at radius 3 is 2.78 bits per heavy atom. The molecule has 2 N–H and O–H groups in total. The summed E-state index contributed by atoms with van der Waals surface area (Å²) >= 11 is 0. The summed E-state index contributed by atoms with van der Waals surface area (Å²) in [4.78, 5) is 10.2. The monoisotopic (exact) mass is 343 g/mol. The van der Waals surface area contributed by atoms with Crippen molar-refractivity contribution in [1.82, 2.24) is 10.0 Å². The van der Waals surface area contributed by atoms with E-state index in [1.165, 1.54) is 19.2 Å². The molecule has 8 nitrogen and oxygen atoms in total. The molecular formula is C14H21N3O5S. The lowest BCUT2D eigenvalue weighted by Crippen LogP contribution is -2.45. The number of hydrogen-bond donors (Lipinski definition) is 2. The second kappa shape index (κ2) is 6.81. The van der Waals surface area contributed by atoms with Crippen molar-refractivity contribution >= 4 is 15.7 Å². The molecule has 0 aromatic heterocycles. The zero-order chi connectivity index (χ0) is 17.1. The van der Waals surface area contributed by atoms with Gasteiger partial charge in [0, 0.05) is 19.2 Å². The molecule has 23 heavy (non-hydrogen) atoms. The summed E-state index contributed by atoms with van der Waals surface area (Å²) in [6.07, 6.45) is 1.91. The minimum absolute atomic E-state index is 0.0254. The maximum Gasteiger partial charge on any atom is 0.312 e. The van der Waals surface area contributed by atoms with Gasteiger partial charge in [0.15, 0.2) is 5.75 Å². The first kappa shape index (κ1) is 17.6. The lowest BCUT2D eigenvalue weighted by Gasteiger charge is -2.34. The van der Waals surface area contributed by atoms with Crippen molar-refractivity contribution in [1.29, 1.82) is 0 Å². The van der Waals surface area contributed by atoms with Gasteiger partial charge in [-0.1, -0.05) is 6.92 Å². The predicted octanol–water partition coefficient (Wildman–Crippen LogP) is 1.27. The van der Waals surface area contributed by atoms with Gasteiger partial charge in [-0.2, -0.15) is 0 Å². The van der Waals surface area contributed by atoms with E-state index in [-0.39, 0.29) is 28.3 Å². The number of nitrogens with one attached hydrogen (secondary N) is 2. The van der Waals surface area contributed by atoms with Crippen LogP contribution in [0.25, 0.3) is 0 Å². The normalized spacial score (nSPS) is 21.8. The molecule has 1 aromatic rings. The quantitative estimate of drug-likeness (QED) is 0.594. The van der Waals surface area contributed by atoms with Gasteiger partial charge in [-0.25, -0.2) is 13.1 Å². The van der Waals surface area contributed by atoms with E-state index in [0.717, 1.165) is 32.0 Å². The van der Waals surface area contributed by atoms with Crippen LogP contribution in [0.15, 0.2) is 23.1 Å².